The Labute approximate surface area is 135 Å². The zero-order valence-electron chi connectivity index (χ0n) is 12.0. The van der Waals surface area contributed by atoms with E-state index in [1.165, 1.54) is 18.2 Å². The summed E-state index contributed by atoms with van der Waals surface area (Å²) in [5.41, 5.74) is 2.71. The third-order valence-electron chi connectivity index (χ3n) is 3.57. The molecule has 0 bridgehead atoms. The van der Waals surface area contributed by atoms with Gasteiger partial charge in [0.15, 0.2) is 0 Å². The molecule has 4 aromatic rings. The van der Waals surface area contributed by atoms with E-state index in [4.69, 9.17) is 20.4 Å². The van der Waals surface area contributed by atoms with Crippen molar-refractivity contribution in [3.8, 4) is 22.6 Å². The summed E-state index contributed by atoms with van der Waals surface area (Å²) in [6, 6.07) is 9.73. The molecule has 6 heteroatoms. The highest BCUT2D eigenvalue weighted by Gasteiger charge is 2.15. The van der Waals surface area contributed by atoms with Crippen LogP contribution in [0.15, 0.2) is 51.5 Å². The normalized spacial score (nSPS) is 11.3. The molecule has 2 heterocycles. The summed E-state index contributed by atoms with van der Waals surface area (Å²) in [6.07, 6.45) is 1.56. The van der Waals surface area contributed by atoms with Crippen molar-refractivity contribution in [1.29, 1.82) is 0 Å². The van der Waals surface area contributed by atoms with Gasteiger partial charge in [-0.3, -0.25) is 0 Å². The number of furan rings is 1. The fraction of sp³-hybridized carbons (Fsp3) is 0.0588. The average Bonchev–Trinajstić information content (AvgIpc) is 3.15. The minimum atomic E-state index is -0.359. The van der Waals surface area contributed by atoms with Gasteiger partial charge in [0.2, 0.25) is 11.8 Å². The Kier molecular flexibility index (Phi) is 3.16. The molecule has 0 N–H and O–H groups in total. The number of aromatic nitrogens is 2. The second-order valence-electron chi connectivity index (χ2n) is 5.11. The number of halogens is 2. The predicted octanol–water partition coefficient (Wildman–Crippen LogP) is 5.25. The van der Waals surface area contributed by atoms with Crippen LogP contribution >= 0.6 is 11.6 Å². The van der Waals surface area contributed by atoms with E-state index in [1.54, 1.807) is 19.3 Å². The fourth-order valence-electron chi connectivity index (χ4n) is 2.49. The third-order valence-corrected chi connectivity index (χ3v) is 3.89. The molecule has 2 aromatic carbocycles. The quantitative estimate of drug-likeness (QED) is 0.504. The van der Waals surface area contributed by atoms with Crippen LogP contribution in [0.2, 0.25) is 5.02 Å². The van der Waals surface area contributed by atoms with Crippen molar-refractivity contribution in [2.75, 3.05) is 0 Å². The van der Waals surface area contributed by atoms with Gasteiger partial charge >= 0.3 is 0 Å². The summed E-state index contributed by atoms with van der Waals surface area (Å²) >= 11 is 6.20. The molecule has 0 atom stereocenters. The van der Waals surface area contributed by atoms with Gasteiger partial charge in [-0.15, -0.1) is 10.2 Å². The smallest absolute Gasteiger partial charge is 0.247 e. The van der Waals surface area contributed by atoms with Gasteiger partial charge < -0.3 is 8.83 Å². The number of hydrogen-bond donors (Lipinski definition) is 0. The molecule has 0 saturated carbocycles. The number of aryl methyl sites for hydroxylation is 1. The zero-order chi connectivity index (χ0) is 16.0. The predicted molar refractivity (Wildman–Crippen MR) is 84.6 cm³/mol. The number of hydrogen-bond acceptors (Lipinski definition) is 4. The lowest BCUT2D eigenvalue weighted by atomic mass is 10.0. The molecule has 23 heavy (non-hydrogen) atoms. The lowest BCUT2D eigenvalue weighted by molar-refractivity contribution is 0.533. The summed E-state index contributed by atoms with van der Waals surface area (Å²) in [7, 11) is 0. The Bertz CT molecular complexity index is 1020. The van der Waals surface area contributed by atoms with Crippen LogP contribution in [-0.2, 0) is 0 Å². The highest BCUT2D eigenvalue weighted by atomic mass is 35.5. The van der Waals surface area contributed by atoms with E-state index < -0.39 is 0 Å². The summed E-state index contributed by atoms with van der Waals surface area (Å²) in [6.45, 7) is 1.73. The average molecular weight is 329 g/mol. The Morgan fingerprint density at radius 2 is 1.91 bits per heavy atom. The minimum absolute atomic E-state index is 0.359. The Hall–Kier alpha value is -2.66. The first kappa shape index (κ1) is 14.0. The van der Waals surface area contributed by atoms with E-state index in [2.05, 4.69) is 10.2 Å². The van der Waals surface area contributed by atoms with Gasteiger partial charge in [0.05, 0.1) is 6.26 Å². The van der Waals surface area contributed by atoms with E-state index in [0.717, 1.165) is 10.9 Å². The van der Waals surface area contributed by atoms with Crippen LogP contribution in [0.4, 0.5) is 4.39 Å². The third kappa shape index (κ3) is 2.39. The fourth-order valence-corrected chi connectivity index (χ4v) is 2.71. The zero-order valence-corrected chi connectivity index (χ0v) is 12.8. The van der Waals surface area contributed by atoms with E-state index in [-0.39, 0.29) is 5.82 Å². The van der Waals surface area contributed by atoms with Crippen molar-refractivity contribution in [2.45, 2.75) is 6.92 Å². The van der Waals surface area contributed by atoms with Crippen LogP contribution in [0.25, 0.3) is 33.6 Å². The summed E-state index contributed by atoms with van der Waals surface area (Å²) < 4.78 is 24.6. The topological polar surface area (TPSA) is 52.1 Å². The Morgan fingerprint density at radius 3 is 2.70 bits per heavy atom. The van der Waals surface area contributed by atoms with Crippen LogP contribution in [0.3, 0.4) is 0 Å². The largest absolute Gasteiger partial charge is 0.464 e. The number of rotatable bonds is 2. The molecule has 0 radical (unpaired) electrons. The first-order chi connectivity index (χ1) is 11.1. The number of fused-ring (bicyclic) bond motifs is 1. The minimum Gasteiger partial charge on any atom is -0.464 e. The van der Waals surface area contributed by atoms with Gasteiger partial charge in [0.25, 0.3) is 0 Å². The van der Waals surface area contributed by atoms with Crippen molar-refractivity contribution in [3.63, 3.8) is 0 Å². The van der Waals surface area contributed by atoms with Crippen molar-refractivity contribution >= 4 is 22.6 Å². The van der Waals surface area contributed by atoms with Crippen LogP contribution < -0.4 is 0 Å². The van der Waals surface area contributed by atoms with Crippen LogP contribution in [0.1, 0.15) is 5.89 Å². The van der Waals surface area contributed by atoms with Crippen molar-refractivity contribution in [1.82, 2.24) is 10.2 Å². The van der Waals surface area contributed by atoms with Crippen LogP contribution in [0.5, 0.6) is 0 Å². The summed E-state index contributed by atoms with van der Waals surface area (Å²) in [5.74, 6) is 0.546. The molecule has 0 unspecified atom stereocenters. The SMILES string of the molecule is Cc1nnc(-c2ccc3occ(-c4cc(F)ccc4Cl)c3c2)o1. The van der Waals surface area contributed by atoms with Gasteiger partial charge in [-0.2, -0.15) is 0 Å². The second kappa shape index (κ2) is 5.21. The Balaban J connectivity index is 1.93. The molecule has 0 saturated heterocycles. The molecule has 114 valence electrons. The lowest BCUT2D eigenvalue weighted by Gasteiger charge is -2.03. The van der Waals surface area contributed by atoms with Crippen molar-refractivity contribution < 1.29 is 13.2 Å². The molecule has 0 amide bonds. The molecule has 4 rings (SSSR count). The standard InChI is InChI=1S/C17H10ClFN2O2/c1-9-20-21-17(23-9)10-2-5-16-13(6-10)14(8-22-16)12-7-11(19)3-4-15(12)18/h2-8H,1H3. The van der Waals surface area contributed by atoms with Gasteiger partial charge in [-0.25, -0.2) is 4.39 Å². The summed E-state index contributed by atoms with van der Waals surface area (Å²) in [4.78, 5) is 0. The molecule has 0 aliphatic rings. The molecular weight excluding hydrogens is 319 g/mol. The lowest BCUT2D eigenvalue weighted by Crippen LogP contribution is -1.82. The number of nitrogens with zero attached hydrogens (tertiary/aromatic N) is 2. The molecule has 2 aromatic heterocycles. The Morgan fingerprint density at radius 1 is 1.04 bits per heavy atom. The first-order valence-electron chi connectivity index (χ1n) is 6.89. The second-order valence-corrected chi connectivity index (χ2v) is 5.52. The van der Waals surface area contributed by atoms with E-state index in [1.807, 2.05) is 12.1 Å². The maximum absolute atomic E-state index is 13.6. The maximum atomic E-state index is 13.6. The monoisotopic (exact) mass is 328 g/mol. The van der Waals surface area contributed by atoms with Crippen LogP contribution in [0, 0.1) is 12.7 Å². The highest BCUT2D eigenvalue weighted by molar-refractivity contribution is 6.33. The summed E-state index contributed by atoms with van der Waals surface area (Å²) in [5, 5.41) is 9.08. The molecule has 0 aliphatic heterocycles. The molecule has 0 aliphatic carbocycles. The molecule has 0 spiro atoms. The maximum Gasteiger partial charge on any atom is 0.247 e. The molecule has 4 nitrogen and oxygen atoms in total. The molecule has 0 fully saturated rings. The first-order valence-corrected chi connectivity index (χ1v) is 7.27. The number of benzene rings is 2. The van der Waals surface area contributed by atoms with Gasteiger partial charge in [-0.1, -0.05) is 11.6 Å². The van der Waals surface area contributed by atoms with Gasteiger partial charge in [-0.05, 0) is 36.4 Å². The van der Waals surface area contributed by atoms with Gasteiger partial charge in [0.1, 0.15) is 11.4 Å². The van der Waals surface area contributed by atoms with E-state index in [0.29, 0.717) is 33.5 Å². The van der Waals surface area contributed by atoms with Gasteiger partial charge in [0, 0.05) is 34.0 Å². The van der Waals surface area contributed by atoms with E-state index >= 15 is 0 Å². The van der Waals surface area contributed by atoms with Crippen LogP contribution in [-0.4, -0.2) is 10.2 Å². The molecular formula is C17H10ClFN2O2. The van der Waals surface area contributed by atoms with Crippen molar-refractivity contribution in [3.05, 3.63) is 59.4 Å². The highest BCUT2D eigenvalue weighted by Crippen LogP contribution is 2.37. The van der Waals surface area contributed by atoms with Crippen molar-refractivity contribution in [2.24, 2.45) is 0 Å². The van der Waals surface area contributed by atoms with E-state index in [9.17, 15) is 4.39 Å².